The highest BCUT2D eigenvalue weighted by molar-refractivity contribution is 5.87. The second-order valence-electron chi connectivity index (χ2n) is 3.45. The van der Waals surface area contributed by atoms with Crippen molar-refractivity contribution in [1.82, 2.24) is 5.32 Å². The molecule has 16 heavy (non-hydrogen) atoms. The molecule has 3 atom stereocenters. The zero-order chi connectivity index (χ0) is 12.7. The van der Waals surface area contributed by atoms with Crippen LogP contribution in [0.3, 0.4) is 0 Å². The summed E-state index contributed by atoms with van der Waals surface area (Å²) in [4.78, 5) is 22.1. The highest BCUT2D eigenvalue weighted by Crippen LogP contribution is 1.96. The number of carbonyl (C=O) groups is 2. The van der Waals surface area contributed by atoms with E-state index in [2.05, 4.69) is 5.32 Å². The van der Waals surface area contributed by atoms with Gasteiger partial charge in [-0.25, -0.2) is 4.79 Å². The van der Waals surface area contributed by atoms with Gasteiger partial charge in [-0.05, 0) is 13.3 Å². The zero-order valence-electron chi connectivity index (χ0n) is 9.34. The van der Waals surface area contributed by atoms with Gasteiger partial charge in [0.1, 0.15) is 0 Å². The number of ether oxygens (including phenoxy) is 1. The summed E-state index contributed by atoms with van der Waals surface area (Å²) in [6, 6.07) is -2.19. The third kappa shape index (κ3) is 5.06. The van der Waals surface area contributed by atoms with E-state index in [-0.39, 0.29) is 6.42 Å². The number of aliphatic hydroxyl groups is 1. The topological polar surface area (TPSA) is 122 Å². The number of rotatable bonds is 7. The van der Waals surface area contributed by atoms with Gasteiger partial charge in [0.15, 0.2) is 6.04 Å². The summed E-state index contributed by atoms with van der Waals surface area (Å²) in [6.45, 7) is 1.58. The maximum Gasteiger partial charge on any atom is 0.328 e. The Labute approximate surface area is 93.6 Å². The average molecular weight is 234 g/mol. The smallest absolute Gasteiger partial charge is 0.328 e. The molecule has 0 aromatic carbocycles. The summed E-state index contributed by atoms with van der Waals surface area (Å²) in [5.41, 5.74) is 5.49. The lowest BCUT2D eigenvalue weighted by atomic mass is 10.1. The van der Waals surface area contributed by atoms with Crippen LogP contribution in [0.4, 0.5) is 0 Å². The Morgan fingerprint density at radius 1 is 1.50 bits per heavy atom. The van der Waals surface area contributed by atoms with E-state index in [4.69, 9.17) is 20.7 Å². The zero-order valence-corrected chi connectivity index (χ0v) is 9.34. The van der Waals surface area contributed by atoms with E-state index < -0.39 is 30.1 Å². The van der Waals surface area contributed by atoms with Crippen molar-refractivity contribution in [3.8, 4) is 0 Å². The molecule has 0 saturated carbocycles. The van der Waals surface area contributed by atoms with E-state index in [1.807, 2.05) is 0 Å². The fourth-order valence-corrected chi connectivity index (χ4v) is 1.02. The number of carboxylic acids is 1. The van der Waals surface area contributed by atoms with Crippen molar-refractivity contribution in [2.24, 2.45) is 5.73 Å². The molecule has 0 radical (unpaired) electrons. The lowest BCUT2D eigenvalue weighted by Crippen LogP contribution is -2.52. The van der Waals surface area contributed by atoms with Crippen molar-refractivity contribution in [1.29, 1.82) is 0 Å². The Morgan fingerprint density at radius 2 is 2.06 bits per heavy atom. The first-order valence-electron chi connectivity index (χ1n) is 4.86. The SMILES string of the molecule is COCCC(N)C(=O)NC(C(=O)O)C(C)O. The number of nitrogens with two attached hydrogens (primary N) is 1. The van der Waals surface area contributed by atoms with Crippen LogP contribution < -0.4 is 11.1 Å². The molecule has 0 spiro atoms. The quantitative estimate of drug-likeness (QED) is 0.416. The minimum absolute atomic E-state index is 0.286. The molecule has 7 nitrogen and oxygen atoms in total. The largest absolute Gasteiger partial charge is 0.480 e. The van der Waals surface area contributed by atoms with Gasteiger partial charge in [-0.2, -0.15) is 0 Å². The number of aliphatic carboxylic acids is 1. The van der Waals surface area contributed by atoms with E-state index in [1.54, 1.807) is 0 Å². The average Bonchev–Trinajstić information content (AvgIpc) is 2.20. The summed E-state index contributed by atoms with van der Waals surface area (Å²) in [5.74, 6) is -1.92. The molecule has 0 heterocycles. The number of aliphatic hydroxyl groups excluding tert-OH is 1. The van der Waals surface area contributed by atoms with Crippen LogP contribution in [-0.4, -0.2) is 54.0 Å². The molecule has 94 valence electrons. The molecule has 3 unspecified atom stereocenters. The number of hydrogen-bond donors (Lipinski definition) is 4. The summed E-state index contributed by atoms with van der Waals surface area (Å²) in [7, 11) is 1.47. The summed E-state index contributed by atoms with van der Waals surface area (Å²) >= 11 is 0. The first-order chi connectivity index (χ1) is 7.40. The molecule has 0 aliphatic rings. The Balaban J connectivity index is 4.24. The minimum Gasteiger partial charge on any atom is -0.480 e. The van der Waals surface area contributed by atoms with E-state index >= 15 is 0 Å². The van der Waals surface area contributed by atoms with Gasteiger partial charge in [-0.1, -0.05) is 0 Å². The van der Waals surface area contributed by atoms with Gasteiger partial charge in [-0.15, -0.1) is 0 Å². The van der Waals surface area contributed by atoms with Crippen LogP contribution in [0.1, 0.15) is 13.3 Å². The predicted octanol–water partition coefficient (Wildman–Crippen LogP) is -1.70. The normalized spacial score (nSPS) is 16.2. The van der Waals surface area contributed by atoms with Crippen molar-refractivity contribution < 1.29 is 24.5 Å². The van der Waals surface area contributed by atoms with Crippen LogP contribution in [0.15, 0.2) is 0 Å². The van der Waals surface area contributed by atoms with E-state index in [0.29, 0.717) is 6.61 Å². The number of methoxy groups -OCH3 is 1. The Hall–Kier alpha value is -1.18. The molecule has 0 aliphatic heterocycles. The van der Waals surface area contributed by atoms with Crippen LogP contribution in [0, 0.1) is 0 Å². The molecule has 0 aliphatic carbocycles. The Bertz CT molecular complexity index is 244. The monoisotopic (exact) mass is 234 g/mol. The van der Waals surface area contributed by atoms with Gasteiger partial charge in [0, 0.05) is 13.7 Å². The lowest BCUT2D eigenvalue weighted by Gasteiger charge is -2.19. The number of amides is 1. The highest BCUT2D eigenvalue weighted by Gasteiger charge is 2.26. The molecular weight excluding hydrogens is 216 g/mol. The molecule has 0 saturated heterocycles. The van der Waals surface area contributed by atoms with Crippen LogP contribution in [0.2, 0.25) is 0 Å². The van der Waals surface area contributed by atoms with Crippen molar-refractivity contribution in [2.75, 3.05) is 13.7 Å². The van der Waals surface area contributed by atoms with Gasteiger partial charge in [0.05, 0.1) is 12.1 Å². The number of carboxylic acid groups (broad SMARTS) is 1. The molecule has 0 bridgehead atoms. The maximum absolute atomic E-state index is 11.4. The maximum atomic E-state index is 11.4. The van der Waals surface area contributed by atoms with Crippen molar-refractivity contribution in [3.63, 3.8) is 0 Å². The molecule has 1 amide bonds. The third-order valence-corrected chi connectivity index (χ3v) is 2.02. The highest BCUT2D eigenvalue weighted by atomic mass is 16.5. The fraction of sp³-hybridized carbons (Fsp3) is 0.778. The molecule has 7 heteroatoms. The van der Waals surface area contributed by atoms with E-state index in [9.17, 15) is 9.59 Å². The molecule has 0 rings (SSSR count). The van der Waals surface area contributed by atoms with Gasteiger partial charge >= 0.3 is 5.97 Å². The van der Waals surface area contributed by atoms with Crippen molar-refractivity contribution >= 4 is 11.9 Å². The summed E-state index contributed by atoms with van der Waals surface area (Å²) in [5, 5.41) is 20.0. The predicted molar refractivity (Wildman–Crippen MR) is 55.7 cm³/mol. The molecule has 0 aromatic rings. The lowest BCUT2D eigenvalue weighted by molar-refractivity contribution is -0.145. The number of nitrogens with one attached hydrogen (secondary N) is 1. The summed E-state index contributed by atoms with van der Waals surface area (Å²) < 4.78 is 4.74. The fourth-order valence-electron chi connectivity index (χ4n) is 1.02. The summed E-state index contributed by atoms with van der Waals surface area (Å²) in [6.07, 6.45) is -0.898. The minimum atomic E-state index is -1.35. The molecule has 0 fully saturated rings. The van der Waals surface area contributed by atoms with Crippen LogP contribution in [-0.2, 0) is 14.3 Å². The van der Waals surface area contributed by atoms with Gasteiger partial charge in [-0.3, -0.25) is 4.79 Å². The second kappa shape index (κ2) is 7.15. The molecule has 5 N–H and O–H groups in total. The van der Waals surface area contributed by atoms with Crippen molar-refractivity contribution in [3.05, 3.63) is 0 Å². The standard InChI is InChI=1S/C9H18N2O5/c1-5(12)7(9(14)15)11-8(13)6(10)3-4-16-2/h5-7,12H,3-4,10H2,1-2H3,(H,11,13)(H,14,15). The third-order valence-electron chi connectivity index (χ3n) is 2.02. The Kier molecular flexibility index (Phi) is 6.63. The number of carbonyl (C=O) groups excluding carboxylic acids is 1. The van der Waals surface area contributed by atoms with E-state index in [0.717, 1.165) is 0 Å². The second-order valence-corrected chi connectivity index (χ2v) is 3.45. The molecular formula is C9H18N2O5. The van der Waals surface area contributed by atoms with Crippen LogP contribution >= 0.6 is 0 Å². The van der Waals surface area contributed by atoms with Gasteiger partial charge in [0.2, 0.25) is 5.91 Å². The van der Waals surface area contributed by atoms with Gasteiger partial charge in [0.25, 0.3) is 0 Å². The first-order valence-corrected chi connectivity index (χ1v) is 4.86. The Morgan fingerprint density at radius 3 is 2.44 bits per heavy atom. The van der Waals surface area contributed by atoms with Crippen molar-refractivity contribution in [2.45, 2.75) is 31.5 Å². The van der Waals surface area contributed by atoms with Crippen LogP contribution in [0.5, 0.6) is 0 Å². The molecule has 0 aromatic heterocycles. The van der Waals surface area contributed by atoms with E-state index in [1.165, 1.54) is 14.0 Å². The van der Waals surface area contributed by atoms with Crippen LogP contribution in [0.25, 0.3) is 0 Å². The number of hydrogen-bond acceptors (Lipinski definition) is 5. The first kappa shape index (κ1) is 14.8. The van der Waals surface area contributed by atoms with Gasteiger partial charge < -0.3 is 26.0 Å².